The third-order valence-electron chi connectivity index (χ3n) is 2.95. The van der Waals surface area contributed by atoms with E-state index in [1.54, 1.807) is 0 Å². The van der Waals surface area contributed by atoms with Gasteiger partial charge in [0.15, 0.2) is 0 Å². The monoisotopic (exact) mass is 254 g/mol. The van der Waals surface area contributed by atoms with Crippen molar-refractivity contribution in [3.8, 4) is 0 Å². The van der Waals surface area contributed by atoms with E-state index in [0.29, 0.717) is 30.3 Å². The summed E-state index contributed by atoms with van der Waals surface area (Å²) in [7, 11) is 0. The SMILES string of the molecule is CC(C)C(C)CNc1nnc(CNC(C)(C)C)o1. The highest BCUT2D eigenvalue weighted by Gasteiger charge is 2.13. The molecule has 0 radical (unpaired) electrons. The number of nitrogens with zero attached hydrogens (tertiary/aromatic N) is 2. The molecule has 0 aliphatic rings. The molecule has 0 bridgehead atoms. The molecule has 0 aliphatic heterocycles. The van der Waals surface area contributed by atoms with Crippen LogP contribution in [-0.2, 0) is 6.54 Å². The van der Waals surface area contributed by atoms with E-state index in [-0.39, 0.29) is 5.54 Å². The second-order valence-corrected chi connectivity index (χ2v) is 6.21. The molecule has 0 spiro atoms. The van der Waals surface area contributed by atoms with Crippen LogP contribution in [-0.4, -0.2) is 22.3 Å². The Balaban J connectivity index is 2.39. The summed E-state index contributed by atoms with van der Waals surface area (Å²) in [6, 6.07) is 0.508. The van der Waals surface area contributed by atoms with Gasteiger partial charge in [-0.1, -0.05) is 25.9 Å². The van der Waals surface area contributed by atoms with Crippen LogP contribution in [0.4, 0.5) is 6.01 Å². The molecule has 104 valence electrons. The lowest BCUT2D eigenvalue weighted by Gasteiger charge is -2.18. The Bertz CT molecular complexity index is 354. The molecule has 5 nitrogen and oxygen atoms in total. The first-order valence-electron chi connectivity index (χ1n) is 6.59. The molecule has 1 heterocycles. The zero-order valence-electron chi connectivity index (χ0n) is 12.4. The van der Waals surface area contributed by atoms with Crippen LogP contribution in [0.25, 0.3) is 0 Å². The number of anilines is 1. The molecule has 0 amide bonds. The summed E-state index contributed by atoms with van der Waals surface area (Å²) in [6.07, 6.45) is 0. The lowest BCUT2D eigenvalue weighted by molar-refractivity contribution is 0.381. The second-order valence-electron chi connectivity index (χ2n) is 6.21. The molecule has 18 heavy (non-hydrogen) atoms. The van der Waals surface area contributed by atoms with Crippen molar-refractivity contribution in [2.24, 2.45) is 11.8 Å². The summed E-state index contributed by atoms with van der Waals surface area (Å²) in [5.74, 6) is 1.83. The van der Waals surface area contributed by atoms with Crippen molar-refractivity contribution in [2.45, 2.75) is 53.6 Å². The number of nitrogens with one attached hydrogen (secondary N) is 2. The third-order valence-corrected chi connectivity index (χ3v) is 2.95. The average molecular weight is 254 g/mol. The molecule has 1 rings (SSSR count). The van der Waals surface area contributed by atoms with Gasteiger partial charge in [-0.25, -0.2) is 0 Å². The zero-order valence-corrected chi connectivity index (χ0v) is 12.4. The highest BCUT2D eigenvalue weighted by molar-refractivity contribution is 5.16. The van der Waals surface area contributed by atoms with Gasteiger partial charge in [-0.05, 0) is 32.6 Å². The smallest absolute Gasteiger partial charge is 0.315 e. The van der Waals surface area contributed by atoms with Gasteiger partial charge in [0.1, 0.15) is 0 Å². The Labute approximate surface area is 110 Å². The van der Waals surface area contributed by atoms with Crippen molar-refractivity contribution in [1.29, 1.82) is 0 Å². The lowest BCUT2D eigenvalue weighted by atomic mass is 9.98. The molecule has 5 heteroatoms. The first-order chi connectivity index (χ1) is 8.28. The van der Waals surface area contributed by atoms with Crippen molar-refractivity contribution >= 4 is 6.01 Å². The highest BCUT2D eigenvalue weighted by Crippen LogP contribution is 2.12. The van der Waals surface area contributed by atoms with Crippen LogP contribution in [0, 0.1) is 11.8 Å². The predicted octanol–water partition coefficient (Wildman–Crippen LogP) is 2.66. The minimum Gasteiger partial charge on any atom is -0.407 e. The Morgan fingerprint density at radius 1 is 1.17 bits per heavy atom. The minimum atomic E-state index is 0.0498. The van der Waals surface area contributed by atoms with Gasteiger partial charge in [0.05, 0.1) is 6.54 Å². The van der Waals surface area contributed by atoms with E-state index in [1.165, 1.54) is 0 Å². The van der Waals surface area contributed by atoms with E-state index in [4.69, 9.17) is 4.42 Å². The van der Waals surface area contributed by atoms with Crippen LogP contribution in [0.1, 0.15) is 47.4 Å². The van der Waals surface area contributed by atoms with Crippen LogP contribution in [0.5, 0.6) is 0 Å². The predicted molar refractivity (Wildman–Crippen MR) is 73.4 cm³/mol. The molecule has 0 aliphatic carbocycles. The average Bonchev–Trinajstić information content (AvgIpc) is 2.70. The summed E-state index contributed by atoms with van der Waals surface area (Å²) in [6.45, 7) is 14.4. The molecule has 0 aromatic carbocycles. The van der Waals surface area contributed by atoms with Gasteiger partial charge in [0.25, 0.3) is 0 Å². The molecular formula is C13H26N4O. The molecule has 1 unspecified atom stereocenters. The first-order valence-corrected chi connectivity index (χ1v) is 6.59. The number of rotatable bonds is 6. The fourth-order valence-corrected chi connectivity index (χ4v) is 1.22. The van der Waals surface area contributed by atoms with E-state index < -0.39 is 0 Å². The van der Waals surface area contributed by atoms with E-state index in [2.05, 4.69) is 62.4 Å². The molecule has 1 aromatic rings. The van der Waals surface area contributed by atoms with Crippen LogP contribution < -0.4 is 10.6 Å². The largest absolute Gasteiger partial charge is 0.407 e. The van der Waals surface area contributed by atoms with Crippen LogP contribution in [0.3, 0.4) is 0 Å². The van der Waals surface area contributed by atoms with Gasteiger partial charge < -0.3 is 15.1 Å². The van der Waals surface area contributed by atoms with E-state index in [1.807, 2.05) is 0 Å². The van der Waals surface area contributed by atoms with Gasteiger partial charge in [0.2, 0.25) is 5.89 Å². The summed E-state index contributed by atoms with van der Waals surface area (Å²) in [4.78, 5) is 0. The Kier molecular flexibility index (Phi) is 5.14. The van der Waals surface area contributed by atoms with Crippen LogP contribution in [0.2, 0.25) is 0 Å². The zero-order chi connectivity index (χ0) is 13.8. The molecule has 1 atom stereocenters. The molecule has 0 fully saturated rings. The van der Waals surface area contributed by atoms with Gasteiger partial charge in [-0.15, -0.1) is 5.10 Å². The molecule has 1 aromatic heterocycles. The van der Waals surface area contributed by atoms with Crippen LogP contribution >= 0.6 is 0 Å². The molecule has 2 N–H and O–H groups in total. The van der Waals surface area contributed by atoms with Crippen molar-refractivity contribution in [3.05, 3.63) is 5.89 Å². The summed E-state index contributed by atoms with van der Waals surface area (Å²) in [5, 5.41) is 14.5. The summed E-state index contributed by atoms with van der Waals surface area (Å²) in [5.41, 5.74) is 0.0498. The minimum absolute atomic E-state index is 0.0498. The number of hydrogen-bond donors (Lipinski definition) is 2. The van der Waals surface area contributed by atoms with Gasteiger partial charge in [-0.2, -0.15) is 0 Å². The van der Waals surface area contributed by atoms with Gasteiger partial charge in [-0.3, -0.25) is 0 Å². The van der Waals surface area contributed by atoms with Gasteiger partial charge >= 0.3 is 6.01 Å². The van der Waals surface area contributed by atoms with E-state index in [0.717, 1.165) is 6.54 Å². The summed E-state index contributed by atoms with van der Waals surface area (Å²) < 4.78 is 5.51. The summed E-state index contributed by atoms with van der Waals surface area (Å²) >= 11 is 0. The quantitative estimate of drug-likeness (QED) is 0.817. The maximum absolute atomic E-state index is 5.51. The highest BCUT2D eigenvalue weighted by atomic mass is 16.4. The molecule has 0 saturated heterocycles. The fraction of sp³-hybridized carbons (Fsp3) is 0.846. The topological polar surface area (TPSA) is 63.0 Å². The fourth-order valence-electron chi connectivity index (χ4n) is 1.22. The van der Waals surface area contributed by atoms with Crippen molar-refractivity contribution < 1.29 is 4.42 Å². The molecule has 0 saturated carbocycles. The maximum Gasteiger partial charge on any atom is 0.315 e. The van der Waals surface area contributed by atoms with Gasteiger partial charge in [0, 0.05) is 12.1 Å². The standard InChI is InChI=1S/C13H26N4O/c1-9(2)10(3)7-14-12-17-16-11(18-12)8-15-13(4,5)6/h9-10,15H,7-8H2,1-6H3,(H,14,17). The Morgan fingerprint density at radius 2 is 1.83 bits per heavy atom. The number of hydrogen-bond acceptors (Lipinski definition) is 5. The Hall–Kier alpha value is -1.10. The maximum atomic E-state index is 5.51. The molecular weight excluding hydrogens is 228 g/mol. The van der Waals surface area contributed by atoms with Crippen molar-refractivity contribution in [3.63, 3.8) is 0 Å². The second kappa shape index (κ2) is 6.18. The third kappa shape index (κ3) is 5.49. The van der Waals surface area contributed by atoms with Crippen LogP contribution in [0.15, 0.2) is 4.42 Å². The normalized spacial score (nSPS) is 13.9. The van der Waals surface area contributed by atoms with Crippen molar-refractivity contribution in [1.82, 2.24) is 15.5 Å². The van der Waals surface area contributed by atoms with E-state index >= 15 is 0 Å². The lowest BCUT2D eigenvalue weighted by Crippen LogP contribution is -2.35. The van der Waals surface area contributed by atoms with Crippen molar-refractivity contribution in [2.75, 3.05) is 11.9 Å². The number of aromatic nitrogens is 2. The van der Waals surface area contributed by atoms with E-state index in [9.17, 15) is 0 Å². The Morgan fingerprint density at radius 3 is 2.39 bits per heavy atom. The first kappa shape index (κ1) is 15.0.